The maximum atomic E-state index is 13.6. The van der Waals surface area contributed by atoms with Crippen molar-refractivity contribution in [2.45, 2.75) is 12.2 Å². The minimum Gasteiger partial charge on any atom is -0.256 e. The molecule has 0 spiro atoms. The van der Waals surface area contributed by atoms with E-state index in [1.54, 1.807) is 0 Å². The highest BCUT2D eigenvalue weighted by Crippen LogP contribution is 2.31. The van der Waals surface area contributed by atoms with Crippen LogP contribution in [0, 0.1) is 5.82 Å². The first-order valence-corrected chi connectivity index (χ1v) is 5.95. The Morgan fingerprint density at radius 1 is 1.10 bits per heavy atom. The van der Waals surface area contributed by atoms with Crippen molar-refractivity contribution in [3.05, 3.63) is 65.2 Å². The Kier molecular flexibility index (Phi) is 4.25. The summed E-state index contributed by atoms with van der Waals surface area (Å²) < 4.78 is 51.1. The maximum absolute atomic E-state index is 13.6. The van der Waals surface area contributed by atoms with Crippen molar-refractivity contribution in [2.24, 2.45) is 0 Å². The molecule has 0 saturated heterocycles. The van der Waals surface area contributed by atoms with Crippen LogP contribution in [0.4, 0.5) is 17.6 Å². The molecule has 20 heavy (non-hydrogen) atoms. The Morgan fingerprint density at radius 3 is 2.25 bits per heavy atom. The lowest BCUT2D eigenvalue weighted by Gasteiger charge is -2.16. The lowest BCUT2D eigenvalue weighted by Crippen LogP contribution is -2.16. The molecule has 1 heterocycles. The van der Waals surface area contributed by atoms with Crippen LogP contribution >= 0.6 is 11.8 Å². The van der Waals surface area contributed by atoms with E-state index < -0.39 is 23.6 Å². The molecule has 0 aliphatic carbocycles. The standard InChI is InChI=1S/C13H9ClF4N2/c14-20-11(12-10(15)2-1-7-19-12)8-3-5-9(6-4-8)13(16,17)18/h1-7,11,20H. The van der Waals surface area contributed by atoms with Crippen LogP contribution < -0.4 is 4.84 Å². The van der Waals surface area contributed by atoms with Crippen LogP contribution in [-0.4, -0.2) is 4.98 Å². The summed E-state index contributed by atoms with van der Waals surface area (Å²) in [5, 5.41) is 0. The second kappa shape index (κ2) is 5.76. The fraction of sp³-hybridized carbons (Fsp3) is 0.154. The normalized spacial score (nSPS) is 13.2. The van der Waals surface area contributed by atoms with Crippen molar-refractivity contribution >= 4 is 11.8 Å². The van der Waals surface area contributed by atoms with E-state index in [0.717, 1.165) is 12.1 Å². The van der Waals surface area contributed by atoms with Crippen molar-refractivity contribution in [1.82, 2.24) is 9.82 Å². The molecule has 1 N–H and O–H groups in total. The minimum atomic E-state index is -4.42. The van der Waals surface area contributed by atoms with Gasteiger partial charge < -0.3 is 0 Å². The van der Waals surface area contributed by atoms with Crippen LogP contribution in [0.1, 0.15) is 22.9 Å². The van der Waals surface area contributed by atoms with Crippen LogP contribution in [0.15, 0.2) is 42.6 Å². The molecule has 2 aromatic rings. The van der Waals surface area contributed by atoms with E-state index in [4.69, 9.17) is 11.8 Å². The molecule has 0 saturated carbocycles. The average molecular weight is 305 g/mol. The van der Waals surface area contributed by atoms with Gasteiger partial charge >= 0.3 is 6.18 Å². The van der Waals surface area contributed by atoms with Gasteiger partial charge in [0.25, 0.3) is 0 Å². The first kappa shape index (κ1) is 14.7. The minimum absolute atomic E-state index is 0.0160. The quantitative estimate of drug-likeness (QED) is 0.683. The first-order valence-electron chi connectivity index (χ1n) is 5.57. The molecule has 106 valence electrons. The van der Waals surface area contributed by atoms with Crippen molar-refractivity contribution in [3.63, 3.8) is 0 Å². The molecule has 0 fully saturated rings. The van der Waals surface area contributed by atoms with Crippen molar-refractivity contribution in [1.29, 1.82) is 0 Å². The number of halogens is 5. The molecule has 2 rings (SSSR count). The number of benzene rings is 1. The monoisotopic (exact) mass is 304 g/mol. The van der Waals surface area contributed by atoms with E-state index in [1.165, 1.54) is 30.5 Å². The molecule has 1 unspecified atom stereocenters. The van der Waals surface area contributed by atoms with Gasteiger partial charge in [0.2, 0.25) is 0 Å². The predicted octanol–water partition coefficient (Wildman–Crippen LogP) is 4.07. The number of hydrogen-bond acceptors (Lipinski definition) is 2. The molecule has 1 atom stereocenters. The zero-order chi connectivity index (χ0) is 14.8. The topological polar surface area (TPSA) is 24.9 Å². The predicted molar refractivity (Wildman–Crippen MR) is 66.5 cm³/mol. The summed E-state index contributed by atoms with van der Waals surface area (Å²) in [5.41, 5.74) is -0.385. The smallest absolute Gasteiger partial charge is 0.256 e. The summed E-state index contributed by atoms with van der Waals surface area (Å²) in [6.07, 6.45) is -3.04. The van der Waals surface area contributed by atoms with Crippen LogP contribution in [0.3, 0.4) is 0 Å². The lowest BCUT2D eigenvalue weighted by molar-refractivity contribution is -0.137. The molecule has 0 aliphatic heterocycles. The second-order valence-corrected chi connectivity index (χ2v) is 4.25. The molecule has 2 nitrogen and oxygen atoms in total. The Balaban J connectivity index is 2.36. The fourth-order valence-electron chi connectivity index (χ4n) is 1.75. The number of nitrogens with zero attached hydrogens (tertiary/aromatic N) is 1. The first-order chi connectivity index (χ1) is 9.43. The number of pyridine rings is 1. The number of hydrogen-bond donors (Lipinski definition) is 1. The highest BCUT2D eigenvalue weighted by Gasteiger charge is 2.30. The van der Waals surface area contributed by atoms with Gasteiger partial charge in [-0.05, 0) is 41.6 Å². The Morgan fingerprint density at radius 2 is 1.75 bits per heavy atom. The number of rotatable bonds is 3. The van der Waals surface area contributed by atoms with Gasteiger partial charge in [0.15, 0.2) is 0 Å². The SMILES string of the molecule is Fc1cccnc1C(NCl)c1ccc(C(F)(F)F)cc1. The van der Waals surface area contributed by atoms with Gasteiger partial charge in [-0.3, -0.25) is 4.98 Å². The number of nitrogens with one attached hydrogen (secondary N) is 1. The van der Waals surface area contributed by atoms with E-state index >= 15 is 0 Å². The van der Waals surface area contributed by atoms with E-state index in [2.05, 4.69) is 9.82 Å². The van der Waals surface area contributed by atoms with Gasteiger partial charge in [0.1, 0.15) is 5.82 Å². The van der Waals surface area contributed by atoms with Gasteiger partial charge in [0.05, 0.1) is 17.3 Å². The van der Waals surface area contributed by atoms with Gasteiger partial charge in [-0.2, -0.15) is 13.2 Å². The third-order valence-corrected chi connectivity index (χ3v) is 2.96. The van der Waals surface area contributed by atoms with Gasteiger partial charge in [-0.1, -0.05) is 12.1 Å². The summed E-state index contributed by atoms with van der Waals surface area (Å²) in [6.45, 7) is 0. The summed E-state index contributed by atoms with van der Waals surface area (Å²) in [4.78, 5) is 6.17. The molecule has 0 aliphatic rings. The van der Waals surface area contributed by atoms with Crippen LogP contribution in [0.25, 0.3) is 0 Å². The molecule has 0 radical (unpaired) electrons. The summed E-state index contributed by atoms with van der Waals surface area (Å²) in [7, 11) is 0. The zero-order valence-corrected chi connectivity index (χ0v) is 10.7. The Labute approximate surface area is 117 Å². The molecule has 0 bridgehead atoms. The molecule has 1 aromatic carbocycles. The van der Waals surface area contributed by atoms with Crippen molar-refractivity contribution in [3.8, 4) is 0 Å². The lowest BCUT2D eigenvalue weighted by atomic mass is 10.0. The van der Waals surface area contributed by atoms with Crippen LogP contribution in [0.2, 0.25) is 0 Å². The third-order valence-electron chi connectivity index (χ3n) is 2.74. The molecular formula is C13H9ClF4N2. The second-order valence-electron chi connectivity index (χ2n) is 4.03. The van der Waals surface area contributed by atoms with Crippen molar-refractivity contribution in [2.75, 3.05) is 0 Å². The molecule has 0 amide bonds. The summed E-state index contributed by atoms with van der Waals surface area (Å²) >= 11 is 5.56. The fourth-order valence-corrected chi connectivity index (χ4v) is 1.98. The summed E-state index contributed by atoms with van der Waals surface area (Å²) in [5.74, 6) is -0.592. The van der Waals surface area contributed by atoms with E-state index in [-0.39, 0.29) is 5.69 Å². The Hall–Kier alpha value is -1.66. The maximum Gasteiger partial charge on any atom is 0.416 e. The molecule has 7 heteroatoms. The average Bonchev–Trinajstić information content (AvgIpc) is 2.41. The number of aromatic nitrogens is 1. The van der Waals surface area contributed by atoms with Crippen LogP contribution in [-0.2, 0) is 6.18 Å². The highest BCUT2D eigenvalue weighted by atomic mass is 35.5. The molecular weight excluding hydrogens is 296 g/mol. The Bertz CT molecular complexity index is 584. The summed E-state index contributed by atoms with van der Waals surface area (Å²) in [6, 6.07) is 6.08. The van der Waals surface area contributed by atoms with Gasteiger partial charge in [0, 0.05) is 6.20 Å². The van der Waals surface area contributed by atoms with E-state index in [9.17, 15) is 17.6 Å². The van der Waals surface area contributed by atoms with Crippen LogP contribution in [0.5, 0.6) is 0 Å². The molecule has 1 aromatic heterocycles. The zero-order valence-electron chi connectivity index (χ0n) is 9.96. The van der Waals surface area contributed by atoms with E-state index in [1.807, 2.05) is 0 Å². The van der Waals surface area contributed by atoms with Gasteiger partial charge in [-0.25, -0.2) is 9.23 Å². The number of alkyl halides is 3. The van der Waals surface area contributed by atoms with Gasteiger partial charge in [-0.15, -0.1) is 0 Å². The highest BCUT2D eigenvalue weighted by molar-refractivity contribution is 6.13. The van der Waals surface area contributed by atoms with E-state index in [0.29, 0.717) is 5.56 Å². The third kappa shape index (κ3) is 3.08. The largest absolute Gasteiger partial charge is 0.416 e. The van der Waals surface area contributed by atoms with Crippen molar-refractivity contribution < 1.29 is 17.6 Å².